The molecule has 0 aromatic rings. The molecule has 4 amide bonds. The molecule has 0 aromatic heterocycles. The Balaban J connectivity index is 1.41. The van der Waals surface area contributed by atoms with Gasteiger partial charge in [-0.1, -0.05) is 0 Å². The molecule has 11 heteroatoms. The molecule has 11 nitrogen and oxygen atoms in total. The third kappa shape index (κ3) is 3.73. The highest BCUT2D eigenvalue weighted by molar-refractivity contribution is 5.87. The molecule has 3 heterocycles. The number of piperidine rings is 1. The lowest BCUT2D eigenvalue weighted by molar-refractivity contribution is -0.139. The highest BCUT2D eigenvalue weighted by Gasteiger charge is 2.46. The first-order valence-electron chi connectivity index (χ1n) is 8.28. The van der Waals surface area contributed by atoms with E-state index in [2.05, 4.69) is 5.48 Å². The Bertz CT molecular complexity index is 638. The lowest BCUT2D eigenvalue weighted by atomic mass is 10.0. The van der Waals surface area contributed by atoms with Crippen LogP contribution in [0.3, 0.4) is 0 Å². The Morgan fingerprint density at radius 2 is 2.08 bits per heavy atom. The molecule has 3 N–H and O–H groups in total. The van der Waals surface area contributed by atoms with Crippen molar-refractivity contribution in [2.24, 2.45) is 0 Å². The first-order valence-corrected chi connectivity index (χ1v) is 8.28. The third-order valence-electron chi connectivity index (χ3n) is 4.55. The Hall–Kier alpha value is -2.79. The minimum atomic E-state index is -1.04. The van der Waals surface area contributed by atoms with E-state index in [-0.39, 0.29) is 19.2 Å². The van der Waals surface area contributed by atoms with Gasteiger partial charge in [-0.25, -0.2) is 20.1 Å². The number of nitrogens with one attached hydrogen (secondary N) is 1. The number of urea groups is 1. The van der Waals surface area contributed by atoms with Crippen LogP contribution in [0.4, 0.5) is 9.59 Å². The Morgan fingerprint density at radius 1 is 1.27 bits per heavy atom. The number of fused-ring (bicyclic) bond motifs is 2. The van der Waals surface area contributed by atoms with Crippen molar-refractivity contribution in [3.63, 3.8) is 0 Å². The molecule has 3 aliphatic heterocycles. The normalized spacial score (nSPS) is 24.9. The molecule has 0 spiro atoms. The summed E-state index contributed by atoms with van der Waals surface area (Å²) >= 11 is 0. The molecule has 2 atom stereocenters. The van der Waals surface area contributed by atoms with Crippen molar-refractivity contribution in [3.8, 4) is 0 Å². The zero-order valence-electron chi connectivity index (χ0n) is 14.0. The zero-order chi connectivity index (χ0) is 18.7. The lowest BCUT2D eigenvalue weighted by Crippen LogP contribution is -2.49. The molecular weight excluding hydrogens is 346 g/mol. The van der Waals surface area contributed by atoms with Crippen molar-refractivity contribution < 1.29 is 29.5 Å². The van der Waals surface area contributed by atoms with E-state index in [0.29, 0.717) is 31.0 Å². The SMILES string of the molecule is O=C(NOCCN1C=CCN(C(=O)O)C=C1)[C@@H]1CC[C@@H]2CN1C(=O)N2O. The maximum Gasteiger partial charge on any atom is 0.411 e. The number of carbonyl (C=O) groups excluding carboxylic acids is 2. The summed E-state index contributed by atoms with van der Waals surface area (Å²) in [4.78, 5) is 44.4. The van der Waals surface area contributed by atoms with Gasteiger partial charge in [-0.15, -0.1) is 0 Å². The molecule has 0 saturated carbocycles. The van der Waals surface area contributed by atoms with E-state index in [1.165, 1.54) is 11.1 Å². The van der Waals surface area contributed by atoms with Crippen molar-refractivity contribution in [2.45, 2.75) is 24.9 Å². The van der Waals surface area contributed by atoms with Crippen LogP contribution in [0.15, 0.2) is 24.7 Å². The Morgan fingerprint density at radius 3 is 2.85 bits per heavy atom. The molecule has 26 heavy (non-hydrogen) atoms. The summed E-state index contributed by atoms with van der Waals surface area (Å²) in [5, 5.41) is 19.2. The summed E-state index contributed by atoms with van der Waals surface area (Å²) in [7, 11) is 0. The van der Waals surface area contributed by atoms with Gasteiger partial charge in [-0.05, 0) is 18.9 Å². The van der Waals surface area contributed by atoms with Gasteiger partial charge < -0.3 is 14.9 Å². The summed E-state index contributed by atoms with van der Waals surface area (Å²) in [6.45, 7) is 1.16. The second-order valence-corrected chi connectivity index (χ2v) is 6.20. The number of rotatable bonds is 5. The fraction of sp³-hybridized carbons (Fsp3) is 0.533. The van der Waals surface area contributed by atoms with E-state index in [0.717, 1.165) is 4.90 Å². The van der Waals surface area contributed by atoms with Crippen LogP contribution in [0.25, 0.3) is 0 Å². The molecule has 142 valence electrons. The zero-order valence-corrected chi connectivity index (χ0v) is 14.0. The van der Waals surface area contributed by atoms with Crippen LogP contribution in [-0.4, -0.2) is 86.4 Å². The second-order valence-electron chi connectivity index (χ2n) is 6.20. The predicted octanol–water partition coefficient (Wildman–Crippen LogP) is -0.0275. The monoisotopic (exact) mass is 367 g/mol. The smallest absolute Gasteiger partial charge is 0.411 e. The third-order valence-corrected chi connectivity index (χ3v) is 4.55. The summed E-state index contributed by atoms with van der Waals surface area (Å²) in [5.74, 6) is -0.425. The topological polar surface area (TPSA) is 126 Å². The summed E-state index contributed by atoms with van der Waals surface area (Å²) < 4.78 is 0. The van der Waals surface area contributed by atoms with E-state index >= 15 is 0 Å². The van der Waals surface area contributed by atoms with Crippen molar-refractivity contribution in [2.75, 3.05) is 26.2 Å². The minimum Gasteiger partial charge on any atom is -0.465 e. The number of nitrogens with zero attached hydrogens (tertiary/aromatic N) is 4. The lowest BCUT2D eigenvalue weighted by Gasteiger charge is -2.28. The number of carboxylic acid groups (broad SMARTS) is 1. The molecule has 0 aliphatic carbocycles. The van der Waals surface area contributed by atoms with Crippen molar-refractivity contribution in [1.29, 1.82) is 0 Å². The molecule has 2 fully saturated rings. The van der Waals surface area contributed by atoms with Crippen LogP contribution >= 0.6 is 0 Å². The molecule has 3 aliphatic rings. The highest BCUT2D eigenvalue weighted by Crippen LogP contribution is 2.28. The molecule has 2 bridgehead atoms. The van der Waals surface area contributed by atoms with Gasteiger partial charge in [0.05, 0.1) is 12.6 Å². The molecule has 0 radical (unpaired) electrons. The van der Waals surface area contributed by atoms with Crippen molar-refractivity contribution >= 4 is 18.0 Å². The average Bonchev–Trinajstić information content (AvgIpc) is 2.81. The van der Waals surface area contributed by atoms with E-state index in [1.54, 1.807) is 23.4 Å². The number of hydroxylamine groups is 3. The molecular formula is C15H21N5O6. The van der Waals surface area contributed by atoms with E-state index in [4.69, 9.17) is 9.94 Å². The molecule has 2 saturated heterocycles. The quantitative estimate of drug-likeness (QED) is 0.354. The number of carbonyl (C=O) groups is 3. The van der Waals surface area contributed by atoms with Gasteiger partial charge in [-0.3, -0.25) is 19.7 Å². The first kappa shape index (κ1) is 18.0. The largest absolute Gasteiger partial charge is 0.465 e. The van der Waals surface area contributed by atoms with Gasteiger partial charge >= 0.3 is 12.1 Å². The highest BCUT2D eigenvalue weighted by atomic mass is 16.7. The standard InChI is InChI=1S/C15H21N5O6/c21-13(12-3-2-11-10-19(12)14(22)20(11)25)16-26-9-8-17-4-1-5-18(7-6-17)15(23)24/h1,4,6-7,11-12,25H,2-3,5,8-10H2,(H,16,21)(H,23,24)/t11-,12+/m1/s1. The fourth-order valence-corrected chi connectivity index (χ4v) is 3.13. The summed E-state index contributed by atoms with van der Waals surface area (Å²) in [6.07, 6.45) is 6.45. The number of amides is 4. The maximum atomic E-state index is 12.2. The maximum absolute atomic E-state index is 12.2. The predicted molar refractivity (Wildman–Crippen MR) is 86.3 cm³/mol. The first-order chi connectivity index (χ1) is 12.5. The second kappa shape index (κ2) is 7.62. The number of hydrogen-bond acceptors (Lipinski definition) is 6. The van der Waals surface area contributed by atoms with Gasteiger partial charge in [0.1, 0.15) is 6.04 Å². The molecule has 0 unspecified atom stereocenters. The molecule has 0 aromatic carbocycles. The van der Waals surface area contributed by atoms with Gasteiger partial charge in [0, 0.05) is 38.2 Å². The summed E-state index contributed by atoms with van der Waals surface area (Å²) in [6, 6.07) is -1.46. The van der Waals surface area contributed by atoms with Gasteiger partial charge in [0.2, 0.25) is 0 Å². The van der Waals surface area contributed by atoms with Crippen LogP contribution < -0.4 is 5.48 Å². The van der Waals surface area contributed by atoms with Crippen LogP contribution in [0.1, 0.15) is 12.8 Å². The average molecular weight is 367 g/mol. The van der Waals surface area contributed by atoms with Crippen LogP contribution in [0.2, 0.25) is 0 Å². The van der Waals surface area contributed by atoms with Gasteiger partial charge in [-0.2, -0.15) is 0 Å². The van der Waals surface area contributed by atoms with Crippen LogP contribution in [0.5, 0.6) is 0 Å². The van der Waals surface area contributed by atoms with E-state index in [9.17, 15) is 19.6 Å². The van der Waals surface area contributed by atoms with E-state index < -0.39 is 24.1 Å². The minimum absolute atomic E-state index is 0.170. The van der Waals surface area contributed by atoms with Gasteiger partial charge in [0.15, 0.2) is 0 Å². The van der Waals surface area contributed by atoms with Crippen LogP contribution in [0, 0.1) is 0 Å². The summed E-state index contributed by atoms with van der Waals surface area (Å²) in [5.41, 5.74) is 2.34. The van der Waals surface area contributed by atoms with Crippen molar-refractivity contribution in [1.82, 2.24) is 25.2 Å². The fourth-order valence-electron chi connectivity index (χ4n) is 3.13. The molecule has 3 rings (SSSR count). The van der Waals surface area contributed by atoms with E-state index in [1.807, 2.05) is 0 Å². The Labute approximate surface area is 149 Å². The van der Waals surface area contributed by atoms with Crippen molar-refractivity contribution in [3.05, 3.63) is 24.7 Å². The number of hydrogen-bond donors (Lipinski definition) is 3. The van der Waals surface area contributed by atoms with Crippen LogP contribution in [-0.2, 0) is 9.63 Å². The van der Waals surface area contributed by atoms with Gasteiger partial charge in [0.25, 0.3) is 5.91 Å². The Kier molecular flexibility index (Phi) is 5.28.